The second-order valence-electron chi connectivity index (χ2n) is 8.90. The molecular formula is C21H36N6OS. The van der Waals surface area contributed by atoms with Crippen molar-refractivity contribution < 1.29 is 4.79 Å². The summed E-state index contributed by atoms with van der Waals surface area (Å²) in [6, 6.07) is 0. The molecule has 2 fully saturated rings. The van der Waals surface area contributed by atoms with Crippen molar-refractivity contribution in [3.63, 3.8) is 0 Å². The molecule has 3 heterocycles. The highest BCUT2D eigenvalue weighted by molar-refractivity contribution is 7.09. The molecule has 7 nitrogen and oxygen atoms in total. The van der Waals surface area contributed by atoms with Crippen LogP contribution in [0.2, 0.25) is 0 Å². The number of aromatic nitrogens is 1. The summed E-state index contributed by atoms with van der Waals surface area (Å²) in [5.41, 5.74) is 1.21. The Balaban J connectivity index is 1.52. The molecule has 0 bridgehead atoms. The van der Waals surface area contributed by atoms with Crippen molar-refractivity contribution in [2.75, 3.05) is 52.4 Å². The number of carbonyl (C=O) groups is 1. The predicted molar refractivity (Wildman–Crippen MR) is 119 cm³/mol. The zero-order valence-corrected chi connectivity index (χ0v) is 19.2. The van der Waals surface area contributed by atoms with E-state index in [1.807, 2.05) is 4.90 Å². The maximum Gasteiger partial charge on any atom is 0.236 e. The highest BCUT2D eigenvalue weighted by Crippen LogP contribution is 2.24. The van der Waals surface area contributed by atoms with Crippen LogP contribution in [0.25, 0.3) is 0 Å². The number of hydrogen-bond donors (Lipinski definition) is 1. The van der Waals surface area contributed by atoms with E-state index in [-0.39, 0.29) is 11.3 Å². The molecule has 1 amide bonds. The minimum atomic E-state index is 0.0752. The largest absolute Gasteiger partial charge is 0.357 e. The summed E-state index contributed by atoms with van der Waals surface area (Å²) in [4.78, 5) is 28.6. The summed E-state index contributed by atoms with van der Waals surface area (Å²) in [6.07, 6.45) is 2.30. The first-order valence-corrected chi connectivity index (χ1v) is 11.7. The van der Waals surface area contributed by atoms with Crippen molar-refractivity contribution in [2.45, 2.75) is 52.5 Å². The van der Waals surface area contributed by atoms with Crippen molar-refractivity contribution in [1.29, 1.82) is 0 Å². The molecule has 162 valence electrons. The first-order valence-electron chi connectivity index (χ1n) is 10.8. The van der Waals surface area contributed by atoms with E-state index < -0.39 is 0 Å². The standard InChI is InChI=1S/C21H36N6OS/c1-5-22-20(23-14-18-24-17(16-29-18)21(2,3)4)27-12-10-25(11-13-27)15-19(28)26-8-6-7-9-26/h16H,5-15H2,1-4H3,(H,22,23). The van der Waals surface area contributed by atoms with Crippen molar-refractivity contribution in [3.05, 3.63) is 16.1 Å². The lowest BCUT2D eigenvalue weighted by molar-refractivity contribution is -0.131. The molecule has 1 aromatic rings. The summed E-state index contributed by atoms with van der Waals surface area (Å²) < 4.78 is 0. The maximum atomic E-state index is 12.4. The van der Waals surface area contributed by atoms with Gasteiger partial charge in [-0.15, -0.1) is 11.3 Å². The minimum absolute atomic E-state index is 0.0752. The molecule has 0 atom stereocenters. The van der Waals surface area contributed by atoms with Gasteiger partial charge in [0.2, 0.25) is 5.91 Å². The molecule has 3 rings (SSSR count). The third-order valence-corrected chi connectivity index (χ3v) is 6.34. The van der Waals surface area contributed by atoms with E-state index >= 15 is 0 Å². The van der Waals surface area contributed by atoms with E-state index in [2.05, 4.69) is 48.2 Å². The molecule has 0 aromatic carbocycles. The molecule has 8 heteroatoms. The lowest BCUT2D eigenvalue weighted by Crippen LogP contribution is -2.54. The van der Waals surface area contributed by atoms with Crippen LogP contribution in [-0.4, -0.2) is 83.9 Å². The topological polar surface area (TPSA) is 64.1 Å². The summed E-state index contributed by atoms with van der Waals surface area (Å²) in [5, 5.41) is 6.62. The van der Waals surface area contributed by atoms with Gasteiger partial charge in [0.15, 0.2) is 5.96 Å². The van der Waals surface area contributed by atoms with Crippen LogP contribution in [0.15, 0.2) is 10.4 Å². The Kier molecular flexibility index (Phi) is 7.51. The van der Waals surface area contributed by atoms with Crippen molar-refractivity contribution >= 4 is 23.2 Å². The van der Waals surface area contributed by atoms with Gasteiger partial charge in [-0.3, -0.25) is 9.69 Å². The smallest absolute Gasteiger partial charge is 0.236 e. The molecular weight excluding hydrogens is 384 g/mol. The Morgan fingerprint density at radius 2 is 1.83 bits per heavy atom. The fourth-order valence-electron chi connectivity index (χ4n) is 3.67. The molecule has 0 saturated carbocycles. The second kappa shape index (κ2) is 9.89. The van der Waals surface area contributed by atoms with Gasteiger partial charge >= 0.3 is 0 Å². The molecule has 2 aliphatic rings. The molecule has 1 aromatic heterocycles. The summed E-state index contributed by atoms with van der Waals surface area (Å²) in [5.74, 6) is 1.24. The summed E-state index contributed by atoms with van der Waals surface area (Å²) in [6.45, 7) is 16.1. The molecule has 0 unspecified atom stereocenters. The van der Waals surface area contributed by atoms with Gasteiger partial charge in [0, 0.05) is 56.6 Å². The molecule has 0 aliphatic carbocycles. The minimum Gasteiger partial charge on any atom is -0.357 e. The lowest BCUT2D eigenvalue weighted by Gasteiger charge is -2.36. The number of carbonyl (C=O) groups excluding carboxylic acids is 1. The van der Waals surface area contributed by atoms with Gasteiger partial charge < -0.3 is 15.1 Å². The average molecular weight is 421 g/mol. The van der Waals surface area contributed by atoms with Gasteiger partial charge in [-0.25, -0.2) is 9.98 Å². The van der Waals surface area contributed by atoms with Crippen LogP contribution in [0.3, 0.4) is 0 Å². The Bertz CT molecular complexity index is 696. The number of amides is 1. The second-order valence-corrected chi connectivity index (χ2v) is 9.84. The number of rotatable bonds is 5. The highest BCUT2D eigenvalue weighted by Gasteiger charge is 2.24. The highest BCUT2D eigenvalue weighted by atomic mass is 32.1. The fraction of sp³-hybridized carbons (Fsp3) is 0.762. The molecule has 2 aliphatic heterocycles. The van der Waals surface area contributed by atoms with E-state index in [0.29, 0.717) is 13.1 Å². The zero-order chi connectivity index (χ0) is 20.9. The Morgan fingerprint density at radius 1 is 1.14 bits per heavy atom. The van der Waals surface area contributed by atoms with Gasteiger partial charge in [-0.05, 0) is 19.8 Å². The van der Waals surface area contributed by atoms with Crippen LogP contribution in [0.5, 0.6) is 0 Å². The van der Waals surface area contributed by atoms with Crippen LogP contribution >= 0.6 is 11.3 Å². The zero-order valence-electron chi connectivity index (χ0n) is 18.4. The number of likely N-dealkylation sites (tertiary alicyclic amines) is 1. The molecule has 29 heavy (non-hydrogen) atoms. The molecule has 0 spiro atoms. The summed E-state index contributed by atoms with van der Waals surface area (Å²) in [7, 11) is 0. The first kappa shape index (κ1) is 22.0. The normalized spacial score (nSPS) is 19.1. The van der Waals surface area contributed by atoms with Crippen LogP contribution < -0.4 is 5.32 Å². The van der Waals surface area contributed by atoms with E-state index in [0.717, 1.165) is 75.3 Å². The Morgan fingerprint density at radius 3 is 2.41 bits per heavy atom. The number of nitrogens with zero attached hydrogens (tertiary/aromatic N) is 5. The van der Waals surface area contributed by atoms with E-state index in [1.165, 1.54) is 0 Å². The van der Waals surface area contributed by atoms with Crippen molar-refractivity contribution in [1.82, 2.24) is 25.0 Å². The van der Waals surface area contributed by atoms with Crippen LogP contribution in [-0.2, 0) is 16.8 Å². The van der Waals surface area contributed by atoms with E-state index in [9.17, 15) is 4.79 Å². The lowest BCUT2D eigenvalue weighted by atomic mass is 9.93. The predicted octanol–water partition coefficient (Wildman–Crippen LogP) is 2.15. The number of hydrogen-bond acceptors (Lipinski definition) is 5. The maximum absolute atomic E-state index is 12.4. The quantitative estimate of drug-likeness (QED) is 0.584. The average Bonchev–Trinajstić information content (AvgIpc) is 3.37. The van der Waals surface area contributed by atoms with Crippen LogP contribution in [0, 0.1) is 0 Å². The van der Waals surface area contributed by atoms with Gasteiger partial charge in [-0.1, -0.05) is 20.8 Å². The third kappa shape index (κ3) is 6.15. The van der Waals surface area contributed by atoms with Crippen LogP contribution in [0.1, 0.15) is 51.2 Å². The Hall–Kier alpha value is -1.67. The van der Waals surface area contributed by atoms with Crippen molar-refractivity contribution in [3.8, 4) is 0 Å². The van der Waals surface area contributed by atoms with E-state index in [1.54, 1.807) is 11.3 Å². The molecule has 1 N–H and O–H groups in total. The van der Waals surface area contributed by atoms with Crippen molar-refractivity contribution in [2.24, 2.45) is 4.99 Å². The molecule has 0 radical (unpaired) electrons. The fourth-order valence-corrected chi connectivity index (χ4v) is 4.62. The van der Waals surface area contributed by atoms with Gasteiger partial charge in [-0.2, -0.15) is 0 Å². The Labute approximate surface area is 179 Å². The first-order chi connectivity index (χ1) is 13.9. The van der Waals surface area contributed by atoms with Gasteiger partial charge in [0.05, 0.1) is 18.8 Å². The molecule has 2 saturated heterocycles. The number of piperazine rings is 1. The number of thiazole rings is 1. The SMILES string of the molecule is CCNC(=NCc1nc(C(C)(C)C)cs1)N1CCN(CC(=O)N2CCCC2)CC1. The van der Waals surface area contributed by atoms with E-state index in [4.69, 9.17) is 9.98 Å². The monoisotopic (exact) mass is 420 g/mol. The number of guanidine groups is 1. The van der Waals surface area contributed by atoms with Crippen LogP contribution in [0.4, 0.5) is 0 Å². The third-order valence-electron chi connectivity index (χ3n) is 5.51. The van der Waals surface area contributed by atoms with Gasteiger partial charge in [0.25, 0.3) is 0 Å². The van der Waals surface area contributed by atoms with Gasteiger partial charge in [0.1, 0.15) is 5.01 Å². The summed E-state index contributed by atoms with van der Waals surface area (Å²) >= 11 is 1.69. The number of nitrogens with one attached hydrogen (secondary N) is 1. The number of aliphatic imine (C=N–C) groups is 1.